The molecule has 0 saturated heterocycles. The number of benzene rings is 26. The van der Waals surface area contributed by atoms with Crippen molar-refractivity contribution in [2.24, 2.45) is 0 Å². The highest BCUT2D eigenvalue weighted by atomic mass is 16.3. The number of furan rings is 1. The first kappa shape index (κ1) is 82.6. The van der Waals surface area contributed by atoms with Gasteiger partial charge in [-0.3, -0.25) is 0 Å². The molecule has 33 rings (SSSR count). The van der Waals surface area contributed by atoms with E-state index in [4.69, 9.17) is 49.3 Å². The molecular weight excluding hydrogens is 1810 g/mol. The van der Waals surface area contributed by atoms with Gasteiger partial charge in [-0.2, -0.15) is 0 Å². The van der Waals surface area contributed by atoms with Gasteiger partial charge in [0.05, 0.1) is 44.5 Å². The molecule has 0 atom stereocenters. The van der Waals surface area contributed by atoms with Crippen LogP contribution in [0.15, 0.2) is 478 Å². The van der Waals surface area contributed by atoms with Crippen LogP contribution >= 0.6 is 0 Å². The van der Waals surface area contributed by atoms with Gasteiger partial charge in [0.25, 0.3) is 0 Å². The molecule has 0 aliphatic rings. The number of para-hydroxylation sites is 3. The average molecular weight is 1880 g/mol. The Bertz CT molecular complexity index is 11000. The summed E-state index contributed by atoms with van der Waals surface area (Å²) in [5.74, 6) is 5.70. The number of rotatable bonds is 13. The van der Waals surface area contributed by atoms with Gasteiger partial charge in [0, 0.05) is 115 Å². The van der Waals surface area contributed by atoms with Crippen LogP contribution in [-0.2, 0) is 0 Å². The maximum atomic E-state index is 6.25. The molecule has 0 bridgehead atoms. The standard InChI is InChI=1S/C47H26N4O.C47H28N4.C41H24N4/c1-2-10-29(11-3-1)45-48-46(50-47(49-45)35-18-9-21-39-42(35)34-15-4-5-20-38(34)52-39)30-13-6-14-31(26-30)51-36-19-8-17-33-32-16-7-12-27-22-23-28-24-25-37(51)44(43(33)36)41(28)40(27)32;1-3-11-29(12-4-1)30-21-25-34(26-22-30)46-48-45(33-13-5-2-6-14-33)49-47(50-46)37-16-7-8-19-38(37)51-39-20-10-18-36-35-17-9-15-31-23-24-32-27-28-40(51)44(43(36)39)42(32)41(31)35;1-3-11-27(12-4-1)39-42-40(28-13-5-2-6-14-28)44-41(43-39)31-16-7-8-19-32(31)45-33-20-10-18-30-29-17-9-15-25-21-22-26-23-24-34(45)38(37(30)33)36(26)35(25)29/h1-26H;1-28H;1-24H. The number of hydrogen-bond donors (Lipinski definition) is 0. The highest BCUT2D eigenvalue weighted by Gasteiger charge is 2.31. The average Bonchev–Trinajstić information content (AvgIpc) is 1.52. The summed E-state index contributed by atoms with van der Waals surface area (Å²) >= 11 is 0. The monoisotopic (exact) mass is 1880 g/mol. The second-order valence-corrected chi connectivity index (χ2v) is 38.4. The molecule has 0 spiro atoms. The van der Waals surface area contributed by atoms with Crippen LogP contribution in [0, 0.1) is 0 Å². The van der Waals surface area contributed by atoms with Crippen molar-refractivity contribution in [1.82, 2.24) is 58.6 Å². The highest BCUT2D eigenvalue weighted by molar-refractivity contribution is 6.43. The van der Waals surface area contributed by atoms with Gasteiger partial charge >= 0.3 is 0 Å². The predicted molar refractivity (Wildman–Crippen MR) is 609 cm³/mol. The number of fused-ring (bicyclic) bond motifs is 6. The molecule has 0 aliphatic carbocycles. The van der Waals surface area contributed by atoms with Crippen molar-refractivity contribution in [2.45, 2.75) is 0 Å². The Morgan fingerprint density at radius 1 is 0.142 bits per heavy atom. The number of aromatic nitrogens is 12. The number of hydrogen-bond acceptors (Lipinski definition) is 10. The van der Waals surface area contributed by atoms with Gasteiger partial charge in [-0.25, -0.2) is 44.9 Å². The summed E-state index contributed by atoms with van der Waals surface area (Å²) in [4.78, 5) is 45.9. The summed E-state index contributed by atoms with van der Waals surface area (Å²) in [6, 6.07) is 167. The van der Waals surface area contributed by atoms with Crippen molar-refractivity contribution >= 4 is 184 Å². The fourth-order valence-corrected chi connectivity index (χ4v) is 23.9. The molecule has 0 radical (unpaired) electrons. The molecule has 0 saturated carbocycles. The summed E-state index contributed by atoms with van der Waals surface area (Å²) < 4.78 is 13.5. The second kappa shape index (κ2) is 32.7. The van der Waals surface area contributed by atoms with Crippen LogP contribution in [-0.4, -0.2) is 58.6 Å². The first-order valence-electron chi connectivity index (χ1n) is 50.0. The molecule has 0 aliphatic heterocycles. The third-order valence-electron chi connectivity index (χ3n) is 30.3. The van der Waals surface area contributed by atoms with Crippen LogP contribution in [0.5, 0.6) is 0 Å². The summed E-state index contributed by atoms with van der Waals surface area (Å²) in [6.45, 7) is 0. The lowest BCUT2D eigenvalue weighted by molar-refractivity contribution is 0.669. The Morgan fingerprint density at radius 3 is 0.831 bits per heavy atom. The largest absolute Gasteiger partial charge is 0.456 e. The van der Waals surface area contributed by atoms with Gasteiger partial charge in [-0.15, -0.1) is 0 Å². The van der Waals surface area contributed by atoms with E-state index >= 15 is 0 Å². The minimum atomic E-state index is 0.604. The van der Waals surface area contributed by atoms with E-state index in [1.54, 1.807) is 0 Å². The van der Waals surface area contributed by atoms with Gasteiger partial charge in [0.1, 0.15) is 11.2 Å². The van der Waals surface area contributed by atoms with E-state index in [0.29, 0.717) is 52.4 Å². The molecule has 13 heteroatoms. The van der Waals surface area contributed by atoms with Gasteiger partial charge in [0.2, 0.25) is 0 Å². The van der Waals surface area contributed by atoms with E-state index in [9.17, 15) is 0 Å². The third kappa shape index (κ3) is 12.7. The van der Waals surface area contributed by atoms with Crippen LogP contribution in [0.2, 0.25) is 0 Å². The van der Waals surface area contributed by atoms with E-state index in [2.05, 4.69) is 341 Å². The van der Waals surface area contributed by atoms with Gasteiger partial charge in [0.15, 0.2) is 52.4 Å². The van der Waals surface area contributed by atoms with Crippen molar-refractivity contribution in [2.75, 3.05) is 0 Å². The molecule has 0 N–H and O–H groups in total. The van der Waals surface area contributed by atoms with Crippen LogP contribution in [0.1, 0.15) is 0 Å². The van der Waals surface area contributed by atoms with Crippen molar-refractivity contribution < 1.29 is 4.42 Å². The molecule has 26 aromatic carbocycles. The van der Waals surface area contributed by atoms with Gasteiger partial charge in [-0.05, 0) is 177 Å². The van der Waals surface area contributed by atoms with Crippen molar-refractivity contribution in [3.05, 3.63) is 473 Å². The molecule has 7 aromatic heterocycles. The Kier molecular flexibility index (Phi) is 18.2. The second-order valence-electron chi connectivity index (χ2n) is 38.4. The maximum Gasteiger partial charge on any atom is 0.166 e. The zero-order valence-corrected chi connectivity index (χ0v) is 79.3. The Balaban J connectivity index is 0.000000101. The van der Waals surface area contributed by atoms with Crippen LogP contribution in [0.25, 0.3) is 315 Å². The Hall–Kier alpha value is -20.2. The molecular formula is C135H78N12O. The first-order chi connectivity index (χ1) is 73.4. The lowest BCUT2D eigenvalue weighted by atomic mass is 9.89. The quantitative estimate of drug-likeness (QED) is 0.0808. The molecule has 0 amide bonds. The minimum absolute atomic E-state index is 0.604. The van der Waals surface area contributed by atoms with E-state index in [0.717, 1.165) is 94.6 Å². The van der Waals surface area contributed by atoms with E-state index in [1.807, 2.05) is 146 Å². The summed E-state index contributed by atoms with van der Waals surface area (Å²) in [5, 5.41) is 33.2. The van der Waals surface area contributed by atoms with Crippen molar-refractivity contribution in [3.63, 3.8) is 0 Å². The molecule has 0 unspecified atom stereocenters. The highest BCUT2D eigenvalue weighted by Crippen LogP contribution is 2.53. The zero-order chi connectivity index (χ0) is 96.9. The van der Waals surface area contributed by atoms with Crippen molar-refractivity contribution in [1.29, 1.82) is 0 Å². The van der Waals surface area contributed by atoms with Crippen LogP contribution in [0.3, 0.4) is 0 Å². The SMILES string of the molecule is c1ccc(-c2ccc(-c3nc(-c4ccccc4)nc(-c4ccccc4-n4c5cccc6c7cccc8ccc9ccc4c(c9c87)c65)n3)cc2)cc1.c1ccc(-c2nc(-c3cccc(-n4c5cccc6c7cccc8ccc9ccc4c(c9c87)c65)c3)nc(-c3cccc4oc5ccccc5c34)n2)cc1.c1ccc(-c2nc(-c3ccccc3)nc(-c3ccccc3-n3c4cccc5c6cccc7ccc8ccc3c(c8c76)c54)n2)cc1. The Labute approximate surface area is 845 Å². The topological polar surface area (TPSA) is 144 Å². The lowest BCUT2D eigenvalue weighted by Crippen LogP contribution is -2.03. The molecule has 684 valence electrons. The molecule has 148 heavy (non-hydrogen) atoms. The predicted octanol–water partition coefficient (Wildman–Crippen LogP) is 34.5. The first-order valence-corrected chi connectivity index (χ1v) is 50.0. The third-order valence-corrected chi connectivity index (χ3v) is 30.3. The van der Waals surface area contributed by atoms with E-state index < -0.39 is 0 Å². The fourth-order valence-electron chi connectivity index (χ4n) is 23.9. The van der Waals surface area contributed by atoms with Crippen LogP contribution < -0.4 is 0 Å². The fraction of sp³-hybridized carbons (Fsp3) is 0. The molecule has 0 fully saturated rings. The minimum Gasteiger partial charge on any atom is -0.456 e. The molecule has 13 nitrogen and oxygen atoms in total. The van der Waals surface area contributed by atoms with Crippen molar-refractivity contribution in [3.8, 4) is 131 Å². The van der Waals surface area contributed by atoms with Gasteiger partial charge in [-0.1, -0.05) is 388 Å². The normalized spacial score (nSPS) is 12.1. The van der Waals surface area contributed by atoms with Gasteiger partial charge < -0.3 is 18.1 Å². The summed E-state index contributed by atoms with van der Waals surface area (Å²) in [5.41, 5.74) is 22.6. The zero-order valence-electron chi connectivity index (χ0n) is 79.3. The van der Waals surface area contributed by atoms with E-state index in [1.165, 1.54) is 168 Å². The smallest absolute Gasteiger partial charge is 0.166 e. The number of nitrogens with zero attached hydrogens (tertiary/aromatic N) is 12. The lowest BCUT2D eigenvalue weighted by Gasteiger charge is -2.15. The summed E-state index contributed by atoms with van der Waals surface area (Å²) in [6.07, 6.45) is 0. The molecule has 33 aromatic rings. The summed E-state index contributed by atoms with van der Waals surface area (Å²) in [7, 11) is 0. The van der Waals surface area contributed by atoms with Crippen LogP contribution in [0.4, 0.5) is 0 Å². The Morgan fingerprint density at radius 2 is 0.405 bits per heavy atom. The van der Waals surface area contributed by atoms with E-state index in [-0.39, 0.29) is 0 Å². The molecule has 7 heterocycles. The maximum absolute atomic E-state index is 6.25.